The maximum absolute atomic E-state index is 12.9. The maximum atomic E-state index is 12.9. The Morgan fingerprint density at radius 1 is 1.18 bits per heavy atom. The summed E-state index contributed by atoms with van der Waals surface area (Å²) >= 11 is 1.56. The van der Waals surface area contributed by atoms with E-state index in [2.05, 4.69) is 9.71 Å². The number of rotatable bonds is 5. The Morgan fingerprint density at radius 3 is 2.71 bits per heavy atom. The topological polar surface area (TPSA) is 84.8 Å². The number of anilines is 1. The number of esters is 1. The van der Waals surface area contributed by atoms with Gasteiger partial charge in [-0.05, 0) is 42.3 Å². The van der Waals surface area contributed by atoms with Crippen molar-refractivity contribution in [3.63, 3.8) is 0 Å². The molecule has 1 saturated carbocycles. The molecule has 2 aliphatic rings. The average Bonchev–Trinajstić information content (AvgIpc) is 3.21. The van der Waals surface area contributed by atoms with Crippen LogP contribution in [-0.2, 0) is 19.6 Å². The molecule has 1 aliphatic carbocycles. The molecule has 1 aliphatic heterocycles. The van der Waals surface area contributed by atoms with Crippen molar-refractivity contribution in [3.8, 4) is 0 Å². The van der Waals surface area contributed by atoms with Crippen molar-refractivity contribution in [3.05, 3.63) is 46.7 Å². The number of fused-ring (bicyclic) bond motifs is 1. The largest absolute Gasteiger partial charge is 0.457 e. The number of hydrogen-bond acceptors (Lipinski definition) is 6. The molecular weight excluding hydrogens is 396 g/mol. The predicted molar refractivity (Wildman–Crippen MR) is 109 cm³/mol. The lowest BCUT2D eigenvalue weighted by molar-refractivity contribution is -0.145. The zero-order valence-corrected chi connectivity index (χ0v) is 17.0. The normalized spacial score (nSPS) is 19.8. The van der Waals surface area contributed by atoms with Gasteiger partial charge in [-0.1, -0.05) is 37.5 Å². The summed E-state index contributed by atoms with van der Waals surface area (Å²) in [4.78, 5) is 14.1. The van der Waals surface area contributed by atoms with E-state index in [4.69, 9.17) is 4.74 Å². The van der Waals surface area contributed by atoms with Gasteiger partial charge in [-0.2, -0.15) is 8.42 Å². The van der Waals surface area contributed by atoms with E-state index >= 15 is 0 Å². The van der Waals surface area contributed by atoms with Gasteiger partial charge in [0, 0.05) is 4.88 Å². The van der Waals surface area contributed by atoms with Gasteiger partial charge in [0.25, 0.3) is 10.0 Å². The highest BCUT2D eigenvalue weighted by Crippen LogP contribution is 2.38. The lowest BCUT2D eigenvalue weighted by Gasteiger charge is -2.28. The van der Waals surface area contributed by atoms with E-state index in [1.54, 1.807) is 29.5 Å². The molecule has 0 amide bonds. The molecule has 1 atom stereocenters. The number of benzene rings is 1. The van der Waals surface area contributed by atoms with Gasteiger partial charge >= 0.3 is 5.97 Å². The van der Waals surface area contributed by atoms with Crippen LogP contribution in [0.2, 0.25) is 0 Å². The van der Waals surface area contributed by atoms with Crippen molar-refractivity contribution in [1.82, 2.24) is 0 Å². The number of nitrogens with zero attached hydrogens (tertiary/aromatic N) is 1. The minimum Gasteiger partial charge on any atom is -0.457 e. The van der Waals surface area contributed by atoms with E-state index in [0.717, 1.165) is 30.6 Å². The van der Waals surface area contributed by atoms with Gasteiger partial charge < -0.3 is 10.1 Å². The molecule has 8 heteroatoms. The van der Waals surface area contributed by atoms with E-state index < -0.39 is 10.0 Å². The van der Waals surface area contributed by atoms with Crippen LogP contribution in [0.25, 0.3) is 0 Å². The summed E-state index contributed by atoms with van der Waals surface area (Å²) in [6.07, 6.45) is 5.49. The number of amidine groups is 1. The first-order chi connectivity index (χ1) is 13.5. The monoisotopic (exact) mass is 418 g/mol. The van der Waals surface area contributed by atoms with Gasteiger partial charge in [0.1, 0.15) is 11.5 Å². The number of carbonyl (C=O) groups is 1. The summed E-state index contributed by atoms with van der Waals surface area (Å²) in [5.41, 5.74) is 0.450. The fourth-order valence-electron chi connectivity index (χ4n) is 3.94. The van der Waals surface area contributed by atoms with Crippen LogP contribution in [0.15, 0.2) is 51.1 Å². The molecule has 0 radical (unpaired) electrons. The molecule has 1 N–H and O–H groups in total. The summed E-state index contributed by atoms with van der Waals surface area (Å²) in [5, 5.41) is 4.92. The fourth-order valence-corrected chi connectivity index (χ4v) is 5.98. The Morgan fingerprint density at radius 2 is 1.96 bits per heavy atom. The number of nitrogens with one attached hydrogen (secondary N) is 1. The Bertz CT molecular complexity index is 977. The molecule has 4 rings (SSSR count). The number of sulfonamides is 1. The summed E-state index contributed by atoms with van der Waals surface area (Å²) in [5.74, 6) is -0.213. The fraction of sp³-hybridized carbons (Fsp3) is 0.400. The SMILES string of the molecule is O=C(OCC1=NS(=O)(=O)c2ccccc2N1)C(c1cccs1)C1CCCCC1. The molecule has 1 aromatic carbocycles. The van der Waals surface area contributed by atoms with Crippen molar-refractivity contribution in [2.24, 2.45) is 10.3 Å². The minimum atomic E-state index is -3.79. The van der Waals surface area contributed by atoms with E-state index in [1.807, 2.05) is 17.5 Å². The molecule has 28 heavy (non-hydrogen) atoms. The van der Waals surface area contributed by atoms with Crippen molar-refractivity contribution in [1.29, 1.82) is 0 Å². The standard InChI is InChI=1S/C20H22N2O4S2/c23-20(19(16-10-6-12-27-16)14-7-2-1-3-8-14)26-13-18-21-15-9-4-5-11-17(15)28(24,25)22-18/h4-6,9-12,14,19H,1-3,7-8,13H2,(H,21,22). The van der Waals surface area contributed by atoms with Crippen LogP contribution < -0.4 is 5.32 Å². The molecule has 6 nitrogen and oxygen atoms in total. The van der Waals surface area contributed by atoms with Crippen LogP contribution >= 0.6 is 11.3 Å². The third-order valence-electron chi connectivity index (χ3n) is 5.25. The number of hydrogen-bond donors (Lipinski definition) is 1. The second-order valence-electron chi connectivity index (χ2n) is 7.13. The minimum absolute atomic E-state index is 0.126. The van der Waals surface area contributed by atoms with Crippen LogP contribution in [0.1, 0.15) is 42.9 Å². The maximum Gasteiger partial charge on any atom is 0.314 e. The molecule has 0 spiro atoms. The molecule has 0 saturated heterocycles. The third kappa shape index (κ3) is 3.98. The molecule has 1 fully saturated rings. The second-order valence-corrected chi connectivity index (χ2v) is 9.68. The smallest absolute Gasteiger partial charge is 0.314 e. The zero-order valence-electron chi connectivity index (χ0n) is 15.3. The highest BCUT2D eigenvalue weighted by Gasteiger charge is 2.33. The Kier molecular flexibility index (Phi) is 5.50. The third-order valence-corrected chi connectivity index (χ3v) is 7.58. The Balaban J connectivity index is 1.49. The molecule has 2 aromatic rings. The van der Waals surface area contributed by atoms with E-state index in [1.165, 1.54) is 12.5 Å². The van der Waals surface area contributed by atoms with Crippen molar-refractivity contribution < 1.29 is 17.9 Å². The summed E-state index contributed by atoms with van der Waals surface area (Å²) in [6.45, 7) is -0.193. The van der Waals surface area contributed by atoms with E-state index in [-0.39, 0.29) is 35.1 Å². The number of thiophene rings is 1. The van der Waals surface area contributed by atoms with E-state index in [0.29, 0.717) is 5.69 Å². The molecule has 0 bridgehead atoms. The number of carbonyl (C=O) groups excluding carboxylic acids is 1. The highest BCUT2D eigenvalue weighted by atomic mass is 32.2. The van der Waals surface area contributed by atoms with Gasteiger partial charge in [0.2, 0.25) is 0 Å². The first-order valence-corrected chi connectivity index (χ1v) is 11.8. The molecule has 2 heterocycles. The summed E-state index contributed by atoms with van der Waals surface area (Å²) < 4.78 is 34.0. The van der Waals surface area contributed by atoms with Crippen LogP contribution in [0.5, 0.6) is 0 Å². The second kappa shape index (κ2) is 8.05. The van der Waals surface area contributed by atoms with Crippen LogP contribution in [0, 0.1) is 5.92 Å². The van der Waals surface area contributed by atoms with Gasteiger partial charge in [-0.3, -0.25) is 4.79 Å². The summed E-state index contributed by atoms with van der Waals surface area (Å²) in [7, 11) is -3.79. The lowest BCUT2D eigenvalue weighted by Crippen LogP contribution is -2.30. The lowest BCUT2D eigenvalue weighted by atomic mass is 9.79. The van der Waals surface area contributed by atoms with Gasteiger partial charge in [0.15, 0.2) is 5.84 Å². The van der Waals surface area contributed by atoms with E-state index in [9.17, 15) is 13.2 Å². The Labute approximate surface area is 168 Å². The molecule has 1 unspecified atom stereocenters. The van der Waals surface area contributed by atoms with Gasteiger partial charge in [-0.25, -0.2) is 0 Å². The number of para-hydroxylation sites is 1. The van der Waals surface area contributed by atoms with Gasteiger partial charge in [0.05, 0.1) is 11.6 Å². The molecule has 148 valence electrons. The van der Waals surface area contributed by atoms with Crippen molar-refractivity contribution >= 4 is 38.9 Å². The molecule has 1 aromatic heterocycles. The van der Waals surface area contributed by atoms with Crippen molar-refractivity contribution in [2.75, 3.05) is 11.9 Å². The predicted octanol–water partition coefficient (Wildman–Crippen LogP) is 4.17. The number of ether oxygens (including phenoxy) is 1. The summed E-state index contributed by atoms with van der Waals surface area (Å²) in [6, 6.07) is 10.5. The van der Waals surface area contributed by atoms with Crippen molar-refractivity contribution in [2.45, 2.75) is 42.9 Å². The highest BCUT2D eigenvalue weighted by molar-refractivity contribution is 7.90. The first-order valence-electron chi connectivity index (χ1n) is 9.44. The zero-order chi connectivity index (χ0) is 19.6. The van der Waals surface area contributed by atoms with Crippen LogP contribution in [0.4, 0.5) is 5.69 Å². The first kappa shape index (κ1) is 19.1. The average molecular weight is 419 g/mol. The molecular formula is C20H22N2O4S2. The Hall–Kier alpha value is -2.19. The quantitative estimate of drug-likeness (QED) is 0.737. The van der Waals surface area contributed by atoms with Gasteiger partial charge in [-0.15, -0.1) is 15.7 Å². The van der Waals surface area contributed by atoms with Crippen LogP contribution in [0.3, 0.4) is 0 Å². The van der Waals surface area contributed by atoms with Crippen LogP contribution in [-0.4, -0.2) is 26.8 Å².